The summed E-state index contributed by atoms with van der Waals surface area (Å²) in [6.07, 6.45) is 1.94. The molecule has 9 heteroatoms. The molecule has 1 aromatic carbocycles. The molecular formula is C19H19N5O4. The number of carbonyl (C=O) groups is 1. The van der Waals surface area contributed by atoms with Gasteiger partial charge in [0, 0.05) is 32.4 Å². The summed E-state index contributed by atoms with van der Waals surface area (Å²) in [5.74, 6) is -0.687. The number of fused-ring (bicyclic) bond motifs is 3. The van der Waals surface area contributed by atoms with Gasteiger partial charge < -0.3 is 5.11 Å². The largest absolute Gasteiger partial charge is 0.480 e. The predicted molar refractivity (Wildman–Crippen MR) is 103 cm³/mol. The number of nitrogens with zero attached hydrogens (tertiary/aromatic N) is 5. The van der Waals surface area contributed by atoms with Gasteiger partial charge in [-0.15, -0.1) is 0 Å². The standard InChI is InChI=1S/C19H19N5O4/c1-11-10-23-14-15(21(2)19(28)22(3)16(14)25)20-18(23)24(11)13(17(26)27)9-12-7-5-4-6-8-12/h4-8,10,13H,9H2,1-3H3,(H,26,27). The van der Waals surface area contributed by atoms with Crippen molar-refractivity contribution in [3.63, 3.8) is 0 Å². The number of aliphatic carboxylic acids is 1. The fourth-order valence-electron chi connectivity index (χ4n) is 3.61. The molecule has 0 fully saturated rings. The van der Waals surface area contributed by atoms with Crippen molar-refractivity contribution in [2.45, 2.75) is 19.4 Å². The van der Waals surface area contributed by atoms with Crippen LogP contribution in [0.4, 0.5) is 0 Å². The summed E-state index contributed by atoms with van der Waals surface area (Å²) in [5.41, 5.74) is 1.04. The number of hydrogen-bond acceptors (Lipinski definition) is 4. The summed E-state index contributed by atoms with van der Waals surface area (Å²) in [6, 6.07) is 8.42. The zero-order chi connectivity index (χ0) is 20.2. The summed E-state index contributed by atoms with van der Waals surface area (Å²) in [5, 5.41) is 9.88. The zero-order valence-electron chi connectivity index (χ0n) is 15.7. The van der Waals surface area contributed by atoms with Gasteiger partial charge in [0.25, 0.3) is 5.56 Å². The van der Waals surface area contributed by atoms with Crippen molar-refractivity contribution >= 4 is 22.9 Å². The monoisotopic (exact) mass is 381 g/mol. The van der Waals surface area contributed by atoms with E-state index in [-0.39, 0.29) is 17.6 Å². The van der Waals surface area contributed by atoms with E-state index < -0.39 is 23.3 Å². The van der Waals surface area contributed by atoms with Gasteiger partial charge in [0.05, 0.1) is 0 Å². The fraction of sp³-hybridized carbons (Fsp3) is 0.263. The van der Waals surface area contributed by atoms with Crippen molar-refractivity contribution < 1.29 is 9.90 Å². The van der Waals surface area contributed by atoms with Crippen LogP contribution in [0.15, 0.2) is 46.1 Å². The maximum Gasteiger partial charge on any atom is 0.332 e. The number of aryl methyl sites for hydroxylation is 2. The lowest BCUT2D eigenvalue weighted by atomic mass is 10.1. The molecule has 0 saturated carbocycles. The summed E-state index contributed by atoms with van der Waals surface area (Å²) < 4.78 is 5.46. The number of hydrogen-bond donors (Lipinski definition) is 1. The first-order valence-electron chi connectivity index (χ1n) is 8.73. The molecule has 1 unspecified atom stereocenters. The van der Waals surface area contributed by atoms with Gasteiger partial charge in [0.15, 0.2) is 11.2 Å². The first-order valence-corrected chi connectivity index (χ1v) is 8.73. The molecule has 4 rings (SSSR count). The third kappa shape index (κ3) is 2.47. The van der Waals surface area contributed by atoms with Crippen molar-refractivity contribution in [1.29, 1.82) is 0 Å². The Morgan fingerprint density at radius 1 is 1.14 bits per heavy atom. The predicted octanol–water partition coefficient (Wildman–Crippen LogP) is 0.863. The Labute approximate surface area is 158 Å². The van der Waals surface area contributed by atoms with Gasteiger partial charge in [0.2, 0.25) is 5.78 Å². The number of aromatic nitrogens is 5. The van der Waals surface area contributed by atoms with Gasteiger partial charge in [-0.05, 0) is 12.5 Å². The molecule has 3 aromatic heterocycles. The van der Waals surface area contributed by atoms with Crippen molar-refractivity contribution in [3.05, 3.63) is 68.6 Å². The van der Waals surface area contributed by atoms with E-state index in [1.54, 1.807) is 22.1 Å². The van der Waals surface area contributed by atoms with E-state index in [1.807, 2.05) is 30.3 Å². The highest BCUT2D eigenvalue weighted by atomic mass is 16.4. The summed E-state index contributed by atoms with van der Waals surface area (Å²) in [7, 11) is 2.94. The first kappa shape index (κ1) is 17.8. The molecule has 4 aromatic rings. The van der Waals surface area contributed by atoms with Crippen LogP contribution in [-0.2, 0) is 25.3 Å². The van der Waals surface area contributed by atoms with Crippen LogP contribution in [-0.4, -0.2) is 34.2 Å². The Balaban J connectivity index is 2.01. The van der Waals surface area contributed by atoms with Crippen LogP contribution >= 0.6 is 0 Å². The van der Waals surface area contributed by atoms with E-state index in [9.17, 15) is 19.5 Å². The average molecular weight is 381 g/mol. The lowest BCUT2D eigenvalue weighted by molar-refractivity contribution is -0.140. The molecular weight excluding hydrogens is 362 g/mol. The molecule has 0 aliphatic carbocycles. The molecule has 0 aliphatic rings. The van der Waals surface area contributed by atoms with Crippen LogP contribution in [0.3, 0.4) is 0 Å². The second kappa shape index (κ2) is 6.22. The van der Waals surface area contributed by atoms with Crippen molar-refractivity contribution in [3.8, 4) is 0 Å². The molecule has 28 heavy (non-hydrogen) atoms. The molecule has 3 heterocycles. The highest BCUT2D eigenvalue weighted by Gasteiger charge is 2.27. The van der Waals surface area contributed by atoms with Crippen molar-refractivity contribution in [2.75, 3.05) is 0 Å². The number of rotatable bonds is 4. The second-order valence-electron chi connectivity index (χ2n) is 6.84. The summed E-state index contributed by atoms with van der Waals surface area (Å²) in [4.78, 5) is 41.4. The molecule has 0 aliphatic heterocycles. The van der Waals surface area contributed by atoms with E-state index in [0.717, 1.165) is 10.1 Å². The van der Waals surface area contributed by atoms with E-state index in [0.29, 0.717) is 11.5 Å². The van der Waals surface area contributed by atoms with Gasteiger partial charge in [-0.2, -0.15) is 4.98 Å². The van der Waals surface area contributed by atoms with E-state index in [2.05, 4.69) is 4.98 Å². The minimum absolute atomic E-state index is 0.223. The van der Waals surface area contributed by atoms with Crippen LogP contribution in [0.5, 0.6) is 0 Å². The Morgan fingerprint density at radius 2 is 1.82 bits per heavy atom. The lowest BCUT2D eigenvalue weighted by Crippen LogP contribution is -2.37. The highest BCUT2D eigenvalue weighted by molar-refractivity contribution is 5.78. The van der Waals surface area contributed by atoms with Gasteiger partial charge in [-0.3, -0.25) is 22.9 Å². The Bertz CT molecular complexity index is 1340. The topological polar surface area (TPSA) is 104 Å². The number of carboxylic acid groups (broad SMARTS) is 1. The lowest BCUT2D eigenvalue weighted by Gasteiger charge is -2.16. The maximum absolute atomic E-state index is 12.7. The molecule has 0 bridgehead atoms. The number of imidazole rings is 2. The third-order valence-electron chi connectivity index (χ3n) is 5.05. The van der Waals surface area contributed by atoms with E-state index in [4.69, 9.17) is 0 Å². The molecule has 144 valence electrons. The minimum atomic E-state index is -1.00. The zero-order valence-corrected chi connectivity index (χ0v) is 15.7. The van der Waals surface area contributed by atoms with Gasteiger partial charge in [-0.1, -0.05) is 30.3 Å². The van der Waals surface area contributed by atoms with Crippen molar-refractivity contribution in [1.82, 2.24) is 23.1 Å². The molecule has 1 N–H and O–H groups in total. The fourth-order valence-corrected chi connectivity index (χ4v) is 3.61. The van der Waals surface area contributed by atoms with Gasteiger partial charge >= 0.3 is 11.7 Å². The molecule has 9 nitrogen and oxygen atoms in total. The van der Waals surface area contributed by atoms with Crippen LogP contribution < -0.4 is 11.2 Å². The average Bonchev–Trinajstić information content (AvgIpc) is 3.18. The van der Waals surface area contributed by atoms with Gasteiger partial charge in [-0.25, -0.2) is 9.59 Å². The molecule has 0 radical (unpaired) electrons. The SMILES string of the molecule is Cc1cn2c3c(=O)n(C)c(=O)n(C)c3nc2n1C(Cc1ccccc1)C(=O)O. The molecule has 0 saturated heterocycles. The summed E-state index contributed by atoms with van der Waals surface area (Å²) in [6.45, 7) is 1.77. The van der Waals surface area contributed by atoms with Crippen LogP contribution in [0.25, 0.3) is 16.9 Å². The first-order chi connectivity index (χ1) is 13.3. The molecule has 0 amide bonds. The smallest absolute Gasteiger partial charge is 0.332 e. The van der Waals surface area contributed by atoms with Crippen molar-refractivity contribution in [2.24, 2.45) is 14.1 Å². The van der Waals surface area contributed by atoms with Gasteiger partial charge in [0.1, 0.15) is 6.04 Å². The quantitative estimate of drug-likeness (QED) is 0.565. The van der Waals surface area contributed by atoms with Crippen LogP contribution in [0.2, 0.25) is 0 Å². The Morgan fingerprint density at radius 3 is 2.46 bits per heavy atom. The minimum Gasteiger partial charge on any atom is -0.480 e. The molecule has 1 atom stereocenters. The third-order valence-corrected chi connectivity index (χ3v) is 5.05. The van der Waals surface area contributed by atoms with Crippen LogP contribution in [0.1, 0.15) is 17.3 Å². The van der Waals surface area contributed by atoms with E-state index >= 15 is 0 Å². The Kier molecular flexibility index (Phi) is 3.95. The number of benzene rings is 1. The summed E-state index contributed by atoms with van der Waals surface area (Å²) >= 11 is 0. The second-order valence-corrected chi connectivity index (χ2v) is 6.84. The number of carboxylic acids is 1. The molecule has 0 spiro atoms. The van der Waals surface area contributed by atoms with Crippen LogP contribution in [0, 0.1) is 6.92 Å². The maximum atomic E-state index is 12.7. The van der Waals surface area contributed by atoms with E-state index in [1.165, 1.54) is 18.7 Å². The Hall–Kier alpha value is -3.62. The highest BCUT2D eigenvalue weighted by Crippen LogP contribution is 2.23. The normalized spacial score (nSPS) is 12.7.